The zero-order chi connectivity index (χ0) is 25.4. The van der Waals surface area contributed by atoms with Gasteiger partial charge in [-0.25, -0.2) is 0 Å². The number of carbonyl (C=O) groups is 1. The fourth-order valence-electron chi connectivity index (χ4n) is 4.92. The lowest BCUT2D eigenvalue weighted by molar-refractivity contribution is -0.149. The van der Waals surface area contributed by atoms with Crippen molar-refractivity contribution in [1.82, 2.24) is 4.57 Å². The molecule has 184 valence electrons. The fraction of sp³-hybridized carbons (Fsp3) is 0.367. The molecule has 3 nitrogen and oxygen atoms in total. The zero-order valence-electron chi connectivity index (χ0n) is 21.6. The van der Waals surface area contributed by atoms with Gasteiger partial charge in [-0.1, -0.05) is 125 Å². The minimum Gasteiger partial charge on any atom is -0.392 e. The van der Waals surface area contributed by atoms with Crippen LogP contribution >= 0.6 is 11.8 Å². The highest BCUT2D eigenvalue weighted by Gasteiger charge is 2.61. The molecule has 1 saturated heterocycles. The molecule has 1 heterocycles. The summed E-state index contributed by atoms with van der Waals surface area (Å²) in [6.07, 6.45) is -0.707. The number of rotatable bonds is 7. The molecular formula is C30H37NO2SSi. The predicted octanol–water partition coefficient (Wildman–Crippen LogP) is 6.88. The summed E-state index contributed by atoms with van der Waals surface area (Å²) in [5.74, 6) is -0.336. The van der Waals surface area contributed by atoms with Crippen LogP contribution in [0, 0.1) is 5.92 Å². The van der Waals surface area contributed by atoms with Crippen LogP contribution in [0.4, 0.5) is 0 Å². The van der Waals surface area contributed by atoms with Crippen molar-refractivity contribution in [1.29, 1.82) is 0 Å². The van der Waals surface area contributed by atoms with Gasteiger partial charge >= 0.3 is 0 Å². The average Bonchev–Trinajstić information content (AvgIpc) is 2.82. The Morgan fingerprint density at radius 2 is 1.17 bits per heavy atom. The molecule has 0 aromatic heterocycles. The van der Waals surface area contributed by atoms with Gasteiger partial charge in [0.2, 0.25) is 5.91 Å². The van der Waals surface area contributed by atoms with Gasteiger partial charge in [0.15, 0.2) is 8.24 Å². The third-order valence-corrected chi connectivity index (χ3v) is 15.2. The minimum atomic E-state index is -2.19. The van der Waals surface area contributed by atoms with E-state index in [0.717, 1.165) is 0 Å². The van der Waals surface area contributed by atoms with E-state index in [0.29, 0.717) is 0 Å². The maximum Gasteiger partial charge on any atom is 0.224 e. The van der Waals surface area contributed by atoms with Crippen molar-refractivity contribution in [3.63, 3.8) is 0 Å². The van der Waals surface area contributed by atoms with E-state index < -0.39 is 25.0 Å². The van der Waals surface area contributed by atoms with E-state index in [1.807, 2.05) is 30.0 Å². The van der Waals surface area contributed by atoms with Gasteiger partial charge in [-0.05, 0) is 28.7 Å². The second kappa shape index (κ2) is 9.60. The number of aliphatic hydroxyl groups excluding tert-OH is 1. The predicted molar refractivity (Wildman–Crippen MR) is 150 cm³/mol. The van der Waals surface area contributed by atoms with Crippen molar-refractivity contribution < 1.29 is 9.90 Å². The van der Waals surface area contributed by atoms with Crippen LogP contribution in [0.5, 0.6) is 0 Å². The Labute approximate surface area is 215 Å². The molecule has 0 aliphatic carbocycles. The van der Waals surface area contributed by atoms with Crippen molar-refractivity contribution in [2.24, 2.45) is 5.92 Å². The molecule has 5 heteroatoms. The quantitative estimate of drug-likeness (QED) is 0.217. The molecule has 1 N–H and O–H groups in total. The molecule has 0 bridgehead atoms. The summed E-state index contributed by atoms with van der Waals surface area (Å²) in [6, 6.07) is 31.7. The Bertz CT molecular complexity index is 1050. The third-order valence-electron chi connectivity index (χ3n) is 7.88. The Morgan fingerprint density at radius 3 is 1.49 bits per heavy atom. The summed E-state index contributed by atoms with van der Waals surface area (Å²) in [5.41, 5.74) is 3.50. The van der Waals surface area contributed by atoms with Gasteiger partial charge < -0.3 is 9.67 Å². The summed E-state index contributed by atoms with van der Waals surface area (Å²) >= 11 is 1.81. The maximum atomic E-state index is 13.6. The van der Waals surface area contributed by atoms with Crippen LogP contribution in [0.3, 0.4) is 0 Å². The molecule has 1 aliphatic heterocycles. The molecule has 0 spiro atoms. The molecule has 4 rings (SSSR count). The monoisotopic (exact) mass is 503 g/mol. The van der Waals surface area contributed by atoms with E-state index in [1.165, 1.54) is 16.7 Å². The highest BCUT2D eigenvalue weighted by atomic mass is 32.2. The summed E-state index contributed by atoms with van der Waals surface area (Å²) in [6.45, 7) is 13.0. The molecule has 1 fully saturated rings. The van der Waals surface area contributed by atoms with Gasteiger partial charge in [0.25, 0.3) is 0 Å². The average molecular weight is 504 g/mol. The molecule has 1 amide bonds. The van der Waals surface area contributed by atoms with Crippen LogP contribution in [0.1, 0.15) is 44.4 Å². The van der Waals surface area contributed by atoms with Crippen LogP contribution in [0.25, 0.3) is 0 Å². The van der Waals surface area contributed by atoms with Crippen molar-refractivity contribution in [3.05, 3.63) is 108 Å². The number of amides is 1. The SMILES string of the molecule is CC(O)C1C(=O)N([Si](C)(C)C(C)(C)C)C1SC(c1ccccc1)(c1ccccc1)c1ccccc1. The summed E-state index contributed by atoms with van der Waals surface area (Å²) in [5, 5.41) is 10.6. The van der Waals surface area contributed by atoms with Crippen molar-refractivity contribution in [3.8, 4) is 0 Å². The molecule has 1 aliphatic rings. The zero-order valence-corrected chi connectivity index (χ0v) is 23.4. The Balaban J connectivity index is 1.95. The van der Waals surface area contributed by atoms with Gasteiger partial charge in [0.1, 0.15) is 0 Å². The minimum absolute atomic E-state index is 0.0000342. The first-order valence-corrected chi connectivity index (χ1v) is 16.2. The number of β-lactam (4-membered cyclic amide) rings is 1. The van der Waals surface area contributed by atoms with E-state index in [-0.39, 0.29) is 16.3 Å². The van der Waals surface area contributed by atoms with Crippen molar-refractivity contribution >= 4 is 25.9 Å². The normalized spacial score (nSPS) is 19.9. The van der Waals surface area contributed by atoms with Crippen LogP contribution in [-0.4, -0.2) is 35.3 Å². The van der Waals surface area contributed by atoms with E-state index in [2.05, 4.69) is 111 Å². The summed E-state index contributed by atoms with van der Waals surface area (Å²) in [4.78, 5) is 13.6. The topological polar surface area (TPSA) is 40.5 Å². The fourth-order valence-corrected chi connectivity index (χ4v) is 9.96. The highest BCUT2D eigenvalue weighted by Crippen LogP contribution is 2.57. The number of thioether (sulfide) groups is 1. The molecule has 0 radical (unpaired) electrons. The standard InChI is InChI=1S/C30H37NO2SSi/c1-22(32)26-27(33)31(35(5,6)29(2,3)4)28(26)34-30(23-16-10-7-11-17-23,24-18-12-8-13-19-24)25-20-14-9-15-21-25/h7-22,26,28,32H,1-6H3. The molecule has 3 atom stereocenters. The summed E-state index contributed by atoms with van der Waals surface area (Å²) < 4.78 is 1.63. The first-order chi connectivity index (χ1) is 16.5. The first kappa shape index (κ1) is 25.7. The van der Waals surface area contributed by atoms with Gasteiger partial charge in [-0.2, -0.15) is 0 Å². The second-order valence-corrected chi connectivity index (χ2v) is 17.5. The van der Waals surface area contributed by atoms with Crippen LogP contribution in [0.15, 0.2) is 91.0 Å². The summed E-state index contributed by atoms with van der Waals surface area (Å²) in [7, 11) is -2.19. The Kier molecular flexibility index (Phi) is 7.06. The molecule has 3 aromatic carbocycles. The van der Waals surface area contributed by atoms with Crippen molar-refractivity contribution in [2.75, 3.05) is 0 Å². The maximum absolute atomic E-state index is 13.6. The van der Waals surface area contributed by atoms with Gasteiger partial charge in [-0.3, -0.25) is 4.79 Å². The lowest BCUT2D eigenvalue weighted by Crippen LogP contribution is -2.74. The molecule has 3 aromatic rings. The van der Waals surface area contributed by atoms with Crippen LogP contribution in [0.2, 0.25) is 18.1 Å². The van der Waals surface area contributed by atoms with E-state index >= 15 is 0 Å². The molecule has 35 heavy (non-hydrogen) atoms. The highest BCUT2D eigenvalue weighted by molar-refractivity contribution is 8.01. The smallest absolute Gasteiger partial charge is 0.224 e. The number of carbonyl (C=O) groups excluding carboxylic acids is 1. The number of benzene rings is 3. The van der Waals surface area contributed by atoms with Gasteiger partial charge in [0.05, 0.1) is 22.1 Å². The van der Waals surface area contributed by atoms with E-state index in [4.69, 9.17) is 0 Å². The molecule has 3 unspecified atom stereocenters. The number of hydrogen-bond acceptors (Lipinski definition) is 3. The Morgan fingerprint density at radius 1 is 0.800 bits per heavy atom. The van der Waals surface area contributed by atoms with Gasteiger partial charge in [-0.15, -0.1) is 11.8 Å². The van der Waals surface area contributed by atoms with E-state index in [1.54, 1.807) is 6.92 Å². The first-order valence-electron chi connectivity index (χ1n) is 12.4. The number of aliphatic hydroxyl groups is 1. The van der Waals surface area contributed by atoms with Crippen LogP contribution < -0.4 is 0 Å². The van der Waals surface area contributed by atoms with Crippen LogP contribution in [-0.2, 0) is 9.54 Å². The molecular weight excluding hydrogens is 466 g/mol. The van der Waals surface area contributed by atoms with Crippen molar-refractivity contribution in [2.45, 2.75) is 62.1 Å². The lowest BCUT2D eigenvalue weighted by atomic mass is 9.84. The van der Waals surface area contributed by atoms with E-state index in [9.17, 15) is 9.90 Å². The Hall–Kier alpha value is -2.34. The van der Waals surface area contributed by atoms with Gasteiger partial charge in [0, 0.05) is 0 Å². The number of hydrogen-bond donors (Lipinski definition) is 1. The third kappa shape index (κ3) is 4.39. The molecule has 0 saturated carbocycles. The largest absolute Gasteiger partial charge is 0.392 e. The second-order valence-electron chi connectivity index (χ2n) is 11.1. The lowest BCUT2D eigenvalue weighted by Gasteiger charge is -2.60. The number of nitrogens with zero attached hydrogens (tertiary/aromatic N) is 1.